The number of amides is 3. The Labute approximate surface area is 223 Å². The third-order valence-electron chi connectivity index (χ3n) is 5.13. The Morgan fingerprint density at radius 3 is 2.08 bits per heavy atom. The number of ether oxygens (including phenoxy) is 1. The van der Waals surface area contributed by atoms with Gasteiger partial charge in [0.15, 0.2) is 6.04 Å². The van der Waals surface area contributed by atoms with Crippen molar-refractivity contribution in [1.29, 1.82) is 0 Å². The molecule has 12 heteroatoms. The van der Waals surface area contributed by atoms with Crippen LogP contribution in [0.3, 0.4) is 0 Å². The molecule has 0 unspecified atom stereocenters. The van der Waals surface area contributed by atoms with Crippen LogP contribution in [0.2, 0.25) is 0 Å². The van der Waals surface area contributed by atoms with Gasteiger partial charge in [0.05, 0.1) is 19.1 Å². The minimum absolute atomic E-state index is 0.00382. The van der Waals surface area contributed by atoms with Crippen molar-refractivity contribution >= 4 is 41.4 Å². The maximum Gasteiger partial charge on any atom is 0.331 e. The number of rotatable bonds is 14. The molecule has 2 aromatic rings. The predicted molar refractivity (Wildman–Crippen MR) is 137 cm³/mol. The fourth-order valence-corrected chi connectivity index (χ4v) is 3.26. The fourth-order valence-electron chi connectivity index (χ4n) is 3.18. The quantitative estimate of drug-likeness (QED) is 0.129. The zero-order valence-corrected chi connectivity index (χ0v) is 21.1. The molecule has 5 N–H and O–H groups in total. The monoisotopic (exact) mass is 549 g/mol. The molecule has 0 spiro atoms. The minimum Gasteiger partial charge on any atom is -0.463 e. The molecular weight excluding hydrogens is 521 g/mol. The van der Waals surface area contributed by atoms with Crippen molar-refractivity contribution in [2.24, 2.45) is 0 Å². The van der Waals surface area contributed by atoms with E-state index in [1.54, 1.807) is 30.3 Å². The van der Waals surface area contributed by atoms with E-state index in [-0.39, 0.29) is 18.9 Å². The predicted octanol–water partition coefficient (Wildman–Crippen LogP) is 0.303. The maximum absolute atomic E-state index is 13.0. The highest BCUT2D eigenvalue weighted by atomic mass is 35.5. The van der Waals surface area contributed by atoms with Crippen molar-refractivity contribution in [3.63, 3.8) is 0 Å². The molecule has 0 aliphatic carbocycles. The summed E-state index contributed by atoms with van der Waals surface area (Å²) in [6.45, 7) is -1.65. The van der Waals surface area contributed by atoms with Crippen LogP contribution in [-0.4, -0.2) is 77.7 Å². The summed E-state index contributed by atoms with van der Waals surface area (Å²) in [6, 6.07) is 9.97. The Hall–Kier alpha value is -3.80. The van der Waals surface area contributed by atoms with Gasteiger partial charge in [-0.25, -0.2) is 9.18 Å². The third-order valence-corrected chi connectivity index (χ3v) is 5.29. The number of aliphatic hydroxyl groups excluding tert-OH is 2. The van der Waals surface area contributed by atoms with Crippen LogP contribution in [0.25, 0.3) is 6.08 Å². The van der Waals surface area contributed by atoms with Crippen LogP contribution in [-0.2, 0) is 30.3 Å². The molecule has 2 aromatic carbocycles. The van der Waals surface area contributed by atoms with E-state index in [1.165, 1.54) is 30.3 Å². The Balaban J connectivity index is 2.10. The maximum atomic E-state index is 13.0. The van der Waals surface area contributed by atoms with Crippen molar-refractivity contribution in [2.45, 2.75) is 24.5 Å². The largest absolute Gasteiger partial charge is 0.463 e. The van der Waals surface area contributed by atoms with Gasteiger partial charge in [-0.05, 0) is 29.3 Å². The first-order chi connectivity index (χ1) is 18.3. The van der Waals surface area contributed by atoms with Crippen molar-refractivity contribution in [3.05, 3.63) is 77.6 Å². The highest BCUT2D eigenvalue weighted by Gasteiger charge is 2.29. The van der Waals surface area contributed by atoms with E-state index in [4.69, 9.17) is 16.3 Å². The highest BCUT2D eigenvalue weighted by molar-refractivity contribution is 6.18. The summed E-state index contributed by atoms with van der Waals surface area (Å²) < 4.78 is 17.9. The van der Waals surface area contributed by atoms with Gasteiger partial charge in [0.25, 0.3) is 0 Å². The summed E-state index contributed by atoms with van der Waals surface area (Å²) in [5, 5.41) is 26.4. The molecule has 0 heterocycles. The molecule has 0 aliphatic heterocycles. The van der Waals surface area contributed by atoms with Crippen molar-refractivity contribution in [3.8, 4) is 0 Å². The Bertz CT molecular complexity index is 1100. The SMILES string of the molecule is O=C(/C=C/c1ccc(F)cc1)N[C@@H](CO)C(=O)N[C@@H](Cc1ccccc1)C(=O)N[C@@H](CO)C(=O)OCCCl. The first kappa shape index (κ1) is 30.4. The molecule has 204 valence electrons. The number of halogens is 2. The lowest BCUT2D eigenvalue weighted by Gasteiger charge is -2.24. The molecule has 3 atom stereocenters. The molecule has 10 nitrogen and oxygen atoms in total. The zero-order valence-electron chi connectivity index (χ0n) is 20.3. The molecule has 3 amide bonds. The van der Waals surface area contributed by atoms with Gasteiger partial charge in [0.1, 0.15) is 24.5 Å². The van der Waals surface area contributed by atoms with Crippen LogP contribution in [0.1, 0.15) is 11.1 Å². The normalized spacial score (nSPS) is 13.3. The van der Waals surface area contributed by atoms with Gasteiger partial charge in [0.2, 0.25) is 17.7 Å². The average Bonchev–Trinajstić information content (AvgIpc) is 2.92. The number of nitrogens with one attached hydrogen (secondary N) is 3. The van der Waals surface area contributed by atoms with Crippen LogP contribution >= 0.6 is 11.6 Å². The van der Waals surface area contributed by atoms with E-state index in [0.717, 1.165) is 6.08 Å². The molecule has 0 aliphatic rings. The number of benzene rings is 2. The van der Waals surface area contributed by atoms with Gasteiger partial charge < -0.3 is 30.9 Å². The molecule has 0 radical (unpaired) electrons. The lowest BCUT2D eigenvalue weighted by Crippen LogP contribution is -2.57. The number of carbonyl (C=O) groups is 4. The Kier molecular flexibility index (Phi) is 12.9. The van der Waals surface area contributed by atoms with Gasteiger partial charge in [0, 0.05) is 12.5 Å². The summed E-state index contributed by atoms with van der Waals surface area (Å²) >= 11 is 5.49. The molecule has 0 saturated carbocycles. The van der Waals surface area contributed by atoms with Crippen molar-refractivity contribution in [2.75, 3.05) is 25.7 Å². The van der Waals surface area contributed by atoms with Crippen LogP contribution in [0.15, 0.2) is 60.7 Å². The topological polar surface area (TPSA) is 154 Å². The van der Waals surface area contributed by atoms with E-state index < -0.39 is 60.8 Å². The van der Waals surface area contributed by atoms with Gasteiger partial charge in [-0.3, -0.25) is 14.4 Å². The van der Waals surface area contributed by atoms with Crippen molar-refractivity contribution < 1.29 is 38.5 Å². The van der Waals surface area contributed by atoms with Crippen LogP contribution in [0.4, 0.5) is 4.39 Å². The molecule has 0 bridgehead atoms. The van der Waals surface area contributed by atoms with Gasteiger partial charge >= 0.3 is 5.97 Å². The number of carbonyl (C=O) groups excluding carboxylic acids is 4. The van der Waals surface area contributed by atoms with E-state index in [0.29, 0.717) is 11.1 Å². The summed E-state index contributed by atoms with van der Waals surface area (Å²) in [4.78, 5) is 50.2. The summed E-state index contributed by atoms with van der Waals surface area (Å²) in [6.07, 6.45) is 2.50. The molecular formula is C26H29ClFN3O7. The van der Waals surface area contributed by atoms with Gasteiger partial charge in [-0.2, -0.15) is 0 Å². The Morgan fingerprint density at radius 2 is 1.47 bits per heavy atom. The molecule has 2 rings (SSSR count). The summed E-state index contributed by atoms with van der Waals surface area (Å²) in [7, 11) is 0. The summed E-state index contributed by atoms with van der Waals surface area (Å²) in [5.74, 6) is -3.69. The second-order valence-electron chi connectivity index (χ2n) is 7.98. The van der Waals surface area contributed by atoms with E-state index in [2.05, 4.69) is 16.0 Å². The second-order valence-corrected chi connectivity index (χ2v) is 8.36. The minimum atomic E-state index is -1.41. The standard InChI is InChI=1S/C26H29ClFN3O7/c27-12-13-38-26(37)22(16-33)31-24(35)20(14-18-4-2-1-3-5-18)30-25(36)21(15-32)29-23(34)11-8-17-6-9-19(28)10-7-17/h1-11,20-22,32-33H,12-16H2,(H,29,34)(H,30,36)(H,31,35)/b11-8+/t20-,21-,22-/m0/s1. The van der Waals surface area contributed by atoms with Gasteiger partial charge in [-0.1, -0.05) is 42.5 Å². The van der Waals surface area contributed by atoms with E-state index in [1.807, 2.05) is 0 Å². The number of aliphatic hydroxyl groups is 2. The smallest absolute Gasteiger partial charge is 0.331 e. The highest BCUT2D eigenvalue weighted by Crippen LogP contribution is 2.06. The van der Waals surface area contributed by atoms with Crippen LogP contribution in [0, 0.1) is 5.82 Å². The molecule has 0 fully saturated rings. The Morgan fingerprint density at radius 1 is 0.868 bits per heavy atom. The average molecular weight is 550 g/mol. The van der Waals surface area contributed by atoms with Crippen LogP contribution in [0.5, 0.6) is 0 Å². The number of esters is 1. The van der Waals surface area contributed by atoms with Gasteiger partial charge in [-0.15, -0.1) is 11.6 Å². The van der Waals surface area contributed by atoms with Crippen molar-refractivity contribution in [1.82, 2.24) is 16.0 Å². The number of hydrogen-bond acceptors (Lipinski definition) is 7. The summed E-state index contributed by atoms with van der Waals surface area (Å²) in [5.41, 5.74) is 1.21. The second kappa shape index (κ2) is 16.1. The lowest BCUT2D eigenvalue weighted by molar-refractivity contribution is -0.148. The van der Waals surface area contributed by atoms with E-state index >= 15 is 0 Å². The third kappa shape index (κ3) is 10.3. The number of alkyl halides is 1. The number of hydrogen-bond donors (Lipinski definition) is 5. The fraction of sp³-hybridized carbons (Fsp3) is 0.308. The molecule has 0 aromatic heterocycles. The van der Waals surface area contributed by atoms with E-state index in [9.17, 15) is 33.8 Å². The zero-order chi connectivity index (χ0) is 27.9. The van der Waals surface area contributed by atoms with Crippen LogP contribution < -0.4 is 16.0 Å². The molecule has 38 heavy (non-hydrogen) atoms. The molecule has 0 saturated heterocycles. The lowest BCUT2D eigenvalue weighted by atomic mass is 10.0. The first-order valence-corrected chi connectivity index (χ1v) is 12.1. The first-order valence-electron chi connectivity index (χ1n) is 11.6.